The quantitative estimate of drug-likeness (QED) is 0.280. The highest BCUT2D eigenvalue weighted by Crippen LogP contribution is 2.42. The van der Waals surface area contributed by atoms with E-state index in [1.165, 1.54) is 18.4 Å². The van der Waals surface area contributed by atoms with E-state index in [0.717, 1.165) is 29.9 Å². The molecule has 3 aromatic carbocycles. The molecule has 10 heteroatoms. The van der Waals surface area contributed by atoms with Crippen molar-refractivity contribution in [2.75, 3.05) is 52.0 Å². The minimum Gasteiger partial charge on any atom is -0.493 e. The molecule has 1 saturated heterocycles. The number of hydrogen-bond donors (Lipinski definition) is 0. The van der Waals surface area contributed by atoms with Gasteiger partial charge in [-0.25, -0.2) is 9.79 Å². The van der Waals surface area contributed by atoms with Gasteiger partial charge in [-0.1, -0.05) is 65.9 Å². The van der Waals surface area contributed by atoms with Gasteiger partial charge in [-0.15, -0.1) is 0 Å². The predicted molar refractivity (Wildman–Crippen MR) is 170 cm³/mol. The summed E-state index contributed by atoms with van der Waals surface area (Å²) in [6, 6.07) is 22.1. The van der Waals surface area contributed by atoms with Crippen LogP contribution in [0.4, 0.5) is 5.69 Å². The third kappa shape index (κ3) is 5.54. The van der Waals surface area contributed by atoms with Crippen molar-refractivity contribution in [3.05, 3.63) is 115 Å². The number of nitrogens with zero attached hydrogens (tertiary/aromatic N) is 3. The maximum absolute atomic E-state index is 14.3. The Hall–Kier alpha value is -4.67. The summed E-state index contributed by atoms with van der Waals surface area (Å²) in [5.41, 5.74) is 3.74. The Labute approximate surface area is 258 Å². The van der Waals surface area contributed by atoms with E-state index in [1.807, 2.05) is 60.7 Å². The first kappa shape index (κ1) is 29.4. The Morgan fingerprint density at radius 1 is 1.00 bits per heavy atom. The topological polar surface area (TPSA) is 91.6 Å². The summed E-state index contributed by atoms with van der Waals surface area (Å²) in [5.74, 6) is 0.344. The summed E-state index contributed by atoms with van der Waals surface area (Å²) in [4.78, 5) is 35.7. The maximum Gasteiger partial charge on any atom is 0.338 e. The van der Waals surface area contributed by atoms with Crippen LogP contribution < -0.4 is 29.3 Å². The van der Waals surface area contributed by atoms with E-state index < -0.39 is 12.0 Å². The second-order valence-electron chi connectivity index (χ2n) is 10.2. The van der Waals surface area contributed by atoms with Gasteiger partial charge in [0.1, 0.15) is 6.04 Å². The largest absolute Gasteiger partial charge is 0.493 e. The summed E-state index contributed by atoms with van der Waals surface area (Å²) in [5, 5.41) is 0. The molecule has 9 nitrogen and oxygen atoms in total. The molecule has 1 aromatic heterocycles. The number of carbonyl (C=O) groups excluding carboxylic acids is 1. The highest BCUT2D eigenvalue weighted by Gasteiger charge is 2.37. The molecule has 1 fully saturated rings. The van der Waals surface area contributed by atoms with Crippen molar-refractivity contribution in [3.8, 4) is 11.5 Å². The number of thiazole rings is 1. The van der Waals surface area contributed by atoms with Gasteiger partial charge in [-0.05, 0) is 36.8 Å². The van der Waals surface area contributed by atoms with Gasteiger partial charge in [-0.2, -0.15) is 0 Å². The molecule has 2 aliphatic rings. The van der Waals surface area contributed by atoms with E-state index in [1.54, 1.807) is 24.7 Å². The van der Waals surface area contributed by atoms with E-state index in [-0.39, 0.29) is 17.7 Å². The van der Waals surface area contributed by atoms with Crippen LogP contribution in [0.1, 0.15) is 29.7 Å². The average Bonchev–Trinajstić information content (AvgIpc) is 3.38. The number of benzene rings is 3. The molecule has 4 aromatic rings. The second-order valence-corrected chi connectivity index (χ2v) is 11.2. The molecule has 0 aliphatic carbocycles. The molecule has 0 bridgehead atoms. The molecule has 1 atom stereocenters. The minimum atomic E-state index is -0.878. The van der Waals surface area contributed by atoms with Gasteiger partial charge in [0.2, 0.25) is 0 Å². The summed E-state index contributed by atoms with van der Waals surface area (Å²) in [7, 11) is 3.09. The van der Waals surface area contributed by atoms with Gasteiger partial charge in [-0.3, -0.25) is 9.36 Å². The summed E-state index contributed by atoms with van der Waals surface area (Å²) in [6.07, 6.45) is 1.86. The lowest BCUT2D eigenvalue weighted by Crippen LogP contribution is -2.40. The van der Waals surface area contributed by atoms with Crippen molar-refractivity contribution >= 4 is 34.8 Å². The van der Waals surface area contributed by atoms with Gasteiger partial charge in [0, 0.05) is 29.9 Å². The molecule has 0 spiro atoms. The number of hydrogen-bond acceptors (Lipinski definition) is 9. The monoisotopic (exact) mass is 611 g/mol. The zero-order chi connectivity index (χ0) is 30.6. The minimum absolute atomic E-state index is 0.164. The average molecular weight is 612 g/mol. The van der Waals surface area contributed by atoms with Crippen LogP contribution in [0.25, 0.3) is 11.8 Å². The molecular formula is C34H33N3O6S. The lowest BCUT2D eigenvalue weighted by molar-refractivity contribution is -0.138. The number of fused-ring (bicyclic) bond motifs is 1. The van der Waals surface area contributed by atoms with E-state index >= 15 is 0 Å². The molecule has 3 heterocycles. The zero-order valence-corrected chi connectivity index (χ0v) is 25.6. The van der Waals surface area contributed by atoms with Gasteiger partial charge >= 0.3 is 5.97 Å². The fourth-order valence-corrected chi connectivity index (χ4v) is 6.62. The number of ether oxygens (including phenoxy) is 4. The number of para-hydroxylation sites is 1. The molecule has 0 amide bonds. The Morgan fingerprint density at radius 2 is 1.75 bits per heavy atom. The molecular weight excluding hydrogens is 578 g/mol. The van der Waals surface area contributed by atoms with Gasteiger partial charge in [0.05, 0.1) is 49.8 Å². The molecule has 44 heavy (non-hydrogen) atoms. The van der Waals surface area contributed by atoms with E-state index in [4.69, 9.17) is 23.9 Å². The number of esters is 1. The first-order valence-electron chi connectivity index (χ1n) is 14.5. The number of rotatable bonds is 8. The fourth-order valence-electron chi connectivity index (χ4n) is 5.62. The summed E-state index contributed by atoms with van der Waals surface area (Å²) in [6.45, 7) is 5.02. The molecule has 226 valence electrons. The van der Waals surface area contributed by atoms with Gasteiger partial charge in [0.25, 0.3) is 5.56 Å². The Bertz CT molecular complexity index is 1870. The van der Waals surface area contributed by atoms with Crippen molar-refractivity contribution in [1.82, 2.24) is 4.57 Å². The second kappa shape index (κ2) is 12.9. The van der Waals surface area contributed by atoms with Crippen LogP contribution >= 0.6 is 11.3 Å². The van der Waals surface area contributed by atoms with Crippen LogP contribution in [0.5, 0.6) is 11.5 Å². The first-order chi connectivity index (χ1) is 21.5. The molecule has 6 rings (SSSR count). The Morgan fingerprint density at radius 3 is 2.43 bits per heavy atom. The van der Waals surface area contributed by atoms with Crippen LogP contribution in [0, 0.1) is 0 Å². The number of morpholine rings is 1. The van der Waals surface area contributed by atoms with Gasteiger partial charge in [0.15, 0.2) is 16.3 Å². The van der Waals surface area contributed by atoms with Crippen molar-refractivity contribution in [2.45, 2.75) is 13.0 Å². The normalized spacial score (nSPS) is 16.8. The lowest BCUT2D eigenvalue weighted by atomic mass is 9.92. The van der Waals surface area contributed by atoms with Crippen molar-refractivity contribution in [2.24, 2.45) is 4.99 Å². The number of methoxy groups -OCH3 is 2. The molecule has 0 radical (unpaired) electrons. The fraction of sp³-hybridized carbons (Fsp3) is 0.265. The number of aromatic nitrogens is 1. The first-order valence-corrected chi connectivity index (χ1v) is 15.3. The number of anilines is 1. The standard InChI is InChI=1S/C34H33N3O6S/c1-4-43-33(39)28-29(23-9-6-5-7-10-23)35-34-37(30(28)25-11-8-12-26(40-2)31(25)41-3)32(38)27(44-34)21-22-13-15-24(16-14-22)36-17-19-42-20-18-36/h5-16,21,30H,4,17-20H2,1-3H3. The lowest BCUT2D eigenvalue weighted by Gasteiger charge is -2.28. The van der Waals surface area contributed by atoms with Crippen LogP contribution in [0.2, 0.25) is 0 Å². The SMILES string of the molecule is CCOC(=O)C1=C(c2ccccc2)N=c2sc(=Cc3ccc(N4CCOCC4)cc3)c(=O)n2C1c1cccc(OC)c1OC. The smallest absolute Gasteiger partial charge is 0.338 e. The van der Waals surface area contributed by atoms with Crippen LogP contribution in [0.3, 0.4) is 0 Å². The van der Waals surface area contributed by atoms with E-state index in [9.17, 15) is 9.59 Å². The van der Waals surface area contributed by atoms with Crippen molar-refractivity contribution in [3.63, 3.8) is 0 Å². The summed E-state index contributed by atoms with van der Waals surface area (Å²) >= 11 is 1.28. The third-order valence-electron chi connectivity index (χ3n) is 7.67. The molecule has 1 unspecified atom stereocenters. The van der Waals surface area contributed by atoms with Crippen LogP contribution in [-0.2, 0) is 14.3 Å². The number of carbonyl (C=O) groups is 1. The maximum atomic E-state index is 14.3. The summed E-state index contributed by atoms with van der Waals surface area (Å²) < 4.78 is 24.5. The molecule has 0 N–H and O–H groups in total. The molecule has 0 saturated carbocycles. The van der Waals surface area contributed by atoms with Gasteiger partial charge < -0.3 is 23.8 Å². The van der Waals surface area contributed by atoms with E-state index in [2.05, 4.69) is 17.0 Å². The highest BCUT2D eigenvalue weighted by atomic mass is 32.1. The van der Waals surface area contributed by atoms with Crippen LogP contribution in [0.15, 0.2) is 88.2 Å². The van der Waals surface area contributed by atoms with Crippen LogP contribution in [-0.4, -0.2) is 57.7 Å². The highest BCUT2D eigenvalue weighted by molar-refractivity contribution is 7.07. The molecule has 2 aliphatic heterocycles. The predicted octanol–water partition coefficient (Wildman–Crippen LogP) is 3.79. The Balaban J connectivity index is 1.57. The zero-order valence-electron chi connectivity index (χ0n) is 24.8. The third-order valence-corrected chi connectivity index (χ3v) is 8.65. The van der Waals surface area contributed by atoms with E-state index in [0.29, 0.717) is 45.3 Å². The Kier molecular flexibility index (Phi) is 8.63. The van der Waals surface area contributed by atoms with Crippen molar-refractivity contribution in [1.29, 1.82) is 0 Å². The van der Waals surface area contributed by atoms with Crippen molar-refractivity contribution < 1.29 is 23.7 Å².